The van der Waals surface area contributed by atoms with Crippen LogP contribution in [0.1, 0.15) is 36.0 Å². The van der Waals surface area contributed by atoms with E-state index < -0.39 is 0 Å². The number of benzene rings is 1. The molecule has 3 saturated heterocycles. The third-order valence-corrected chi connectivity index (χ3v) is 6.42. The molecule has 1 amide bonds. The van der Waals surface area contributed by atoms with Crippen LogP contribution < -0.4 is 5.32 Å². The van der Waals surface area contributed by atoms with Crippen molar-refractivity contribution in [2.45, 2.75) is 37.3 Å². The van der Waals surface area contributed by atoms with E-state index in [1.54, 1.807) is 0 Å². The van der Waals surface area contributed by atoms with Gasteiger partial charge in [-0.1, -0.05) is 0 Å². The van der Waals surface area contributed by atoms with Gasteiger partial charge in [-0.15, -0.1) is 0 Å². The number of aromatic nitrogens is 1. The average molecular weight is 309 g/mol. The molecule has 1 aliphatic carbocycles. The van der Waals surface area contributed by atoms with E-state index >= 15 is 0 Å². The van der Waals surface area contributed by atoms with E-state index in [1.807, 2.05) is 31.4 Å². The Morgan fingerprint density at radius 2 is 2.00 bits per heavy atom. The quantitative estimate of drug-likeness (QED) is 0.925. The van der Waals surface area contributed by atoms with Gasteiger partial charge in [0.1, 0.15) is 0 Å². The number of fused-ring (bicyclic) bond motifs is 3. The smallest absolute Gasteiger partial charge is 0.251 e. The summed E-state index contributed by atoms with van der Waals surface area (Å²) in [5, 5.41) is 4.54. The largest absolute Gasteiger partial charge is 0.351 e. The van der Waals surface area contributed by atoms with Crippen molar-refractivity contribution < 1.29 is 4.79 Å². The monoisotopic (exact) mass is 309 g/mol. The summed E-state index contributed by atoms with van der Waals surface area (Å²) in [5.41, 5.74) is 2.26. The zero-order valence-electron chi connectivity index (χ0n) is 13.6. The number of rotatable bonds is 2. The van der Waals surface area contributed by atoms with Crippen molar-refractivity contribution in [3.8, 4) is 0 Å². The van der Waals surface area contributed by atoms with Crippen molar-refractivity contribution in [2.24, 2.45) is 13.0 Å². The first-order valence-corrected chi connectivity index (χ1v) is 8.78. The third kappa shape index (κ3) is 1.91. The second-order valence-electron chi connectivity index (χ2n) is 7.58. The van der Waals surface area contributed by atoms with Crippen LogP contribution in [0, 0.1) is 5.92 Å². The molecule has 2 bridgehead atoms. The highest BCUT2D eigenvalue weighted by Gasteiger charge is 2.60. The first kappa shape index (κ1) is 13.6. The van der Waals surface area contributed by atoms with Crippen molar-refractivity contribution in [1.82, 2.24) is 14.8 Å². The second kappa shape index (κ2) is 4.60. The molecular weight excluding hydrogens is 286 g/mol. The topological polar surface area (TPSA) is 37.3 Å². The number of nitrogens with one attached hydrogen (secondary N) is 1. The molecule has 120 valence electrons. The van der Waals surface area contributed by atoms with Gasteiger partial charge in [0.15, 0.2) is 0 Å². The van der Waals surface area contributed by atoms with Gasteiger partial charge in [-0.25, -0.2) is 0 Å². The van der Waals surface area contributed by atoms with Crippen molar-refractivity contribution >= 4 is 16.8 Å². The number of carbonyl (C=O) groups is 1. The average Bonchev–Trinajstić information content (AvgIpc) is 3.28. The molecule has 3 aliphatic heterocycles. The third-order valence-electron chi connectivity index (χ3n) is 6.42. The summed E-state index contributed by atoms with van der Waals surface area (Å²) in [5.74, 6) is 0.771. The van der Waals surface area contributed by atoms with Gasteiger partial charge in [-0.2, -0.15) is 0 Å². The normalized spacial score (nSPS) is 30.7. The second-order valence-corrected chi connectivity index (χ2v) is 7.58. The van der Waals surface area contributed by atoms with Crippen molar-refractivity contribution in [1.29, 1.82) is 0 Å². The van der Waals surface area contributed by atoms with E-state index in [2.05, 4.69) is 20.9 Å². The molecule has 0 unspecified atom stereocenters. The molecule has 0 radical (unpaired) electrons. The van der Waals surface area contributed by atoms with Crippen LogP contribution in [-0.4, -0.2) is 40.0 Å². The fourth-order valence-electron chi connectivity index (χ4n) is 4.97. The summed E-state index contributed by atoms with van der Waals surface area (Å²) in [6.45, 7) is 2.46. The molecule has 4 aliphatic rings. The van der Waals surface area contributed by atoms with Crippen molar-refractivity contribution in [2.75, 3.05) is 13.1 Å². The van der Waals surface area contributed by atoms with Gasteiger partial charge >= 0.3 is 0 Å². The molecule has 4 nitrogen and oxygen atoms in total. The minimum atomic E-state index is 0.0979. The van der Waals surface area contributed by atoms with Crippen LogP contribution in [0.15, 0.2) is 30.5 Å². The summed E-state index contributed by atoms with van der Waals surface area (Å²) in [6.07, 6.45) is 7.03. The standard InChI is InChI=1S/C19H23N3O/c1-21-9-4-14-12-15(2-3-16(14)21)18(23)20-17-13-5-10-22(11-6-13)19(17)7-8-19/h2-4,9,12-13,17H,5-8,10-11H2,1H3,(H,20,23)/t17-/m0/s1. The van der Waals surface area contributed by atoms with E-state index in [4.69, 9.17) is 0 Å². The summed E-state index contributed by atoms with van der Waals surface area (Å²) in [6, 6.07) is 8.45. The lowest BCUT2D eigenvalue weighted by atomic mass is 9.77. The number of hydrogen-bond acceptors (Lipinski definition) is 2. The minimum Gasteiger partial charge on any atom is -0.351 e. The number of hydrogen-bond donors (Lipinski definition) is 1. The molecule has 4 heteroatoms. The van der Waals surface area contributed by atoms with Gasteiger partial charge in [0.05, 0.1) is 6.04 Å². The van der Waals surface area contributed by atoms with Crippen LogP contribution in [0.2, 0.25) is 0 Å². The molecule has 6 rings (SSSR count). The number of piperidine rings is 3. The maximum Gasteiger partial charge on any atom is 0.251 e. The Kier molecular flexibility index (Phi) is 2.72. The van der Waals surface area contributed by atoms with E-state index in [1.165, 1.54) is 44.3 Å². The molecule has 4 heterocycles. The molecular formula is C19H23N3O. The molecule has 23 heavy (non-hydrogen) atoms. The Hall–Kier alpha value is -1.81. The van der Waals surface area contributed by atoms with Crippen LogP contribution in [0.5, 0.6) is 0 Å². The predicted octanol–water partition coefficient (Wildman–Crippen LogP) is 2.53. The van der Waals surface area contributed by atoms with Gasteiger partial charge in [0.2, 0.25) is 0 Å². The molecule has 1 aromatic heterocycles. The van der Waals surface area contributed by atoms with Crippen LogP contribution in [0.3, 0.4) is 0 Å². The highest BCUT2D eigenvalue weighted by atomic mass is 16.1. The Morgan fingerprint density at radius 1 is 1.22 bits per heavy atom. The van der Waals surface area contributed by atoms with E-state index in [9.17, 15) is 4.79 Å². The molecule has 1 atom stereocenters. The summed E-state index contributed by atoms with van der Waals surface area (Å²) in [4.78, 5) is 15.5. The van der Waals surface area contributed by atoms with Crippen molar-refractivity contribution in [3.63, 3.8) is 0 Å². The first-order valence-electron chi connectivity index (χ1n) is 8.78. The Bertz CT molecular complexity index is 781. The zero-order chi connectivity index (χ0) is 15.6. The lowest BCUT2D eigenvalue weighted by molar-refractivity contribution is -0.00144. The summed E-state index contributed by atoms with van der Waals surface area (Å²) in [7, 11) is 2.03. The first-order chi connectivity index (χ1) is 11.2. The fraction of sp³-hybridized carbons (Fsp3) is 0.526. The molecule has 1 aromatic carbocycles. The number of nitrogens with zero attached hydrogens (tertiary/aromatic N) is 2. The number of aryl methyl sites for hydroxylation is 1. The van der Waals surface area contributed by atoms with Crippen LogP contribution in [-0.2, 0) is 7.05 Å². The highest BCUT2D eigenvalue weighted by molar-refractivity contribution is 5.98. The maximum absolute atomic E-state index is 12.8. The van der Waals surface area contributed by atoms with E-state index in [0.29, 0.717) is 17.5 Å². The molecule has 1 saturated carbocycles. The van der Waals surface area contributed by atoms with Crippen molar-refractivity contribution in [3.05, 3.63) is 36.0 Å². The van der Waals surface area contributed by atoms with E-state index in [-0.39, 0.29) is 5.91 Å². The fourth-order valence-corrected chi connectivity index (χ4v) is 4.97. The summed E-state index contributed by atoms with van der Waals surface area (Å²) < 4.78 is 2.09. The van der Waals surface area contributed by atoms with Crippen LogP contribution in [0.25, 0.3) is 10.9 Å². The lowest BCUT2D eigenvalue weighted by Crippen LogP contribution is -2.65. The SMILES string of the molecule is Cn1ccc2cc(C(=O)N[C@H]3C4CCN(CC4)C34CC4)ccc21. The number of amides is 1. The van der Waals surface area contributed by atoms with Gasteiger partial charge in [-0.05, 0) is 69.0 Å². The summed E-state index contributed by atoms with van der Waals surface area (Å²) >= 11 is 0. The van der Waals surface area contributed by atoms with E-state index in [0.717, 1.165) is 10.9 Å². The van der Waals surface area contributed by atoms with Crippen LogP contribution >= 0.6 is 0 Å². The maximum atomic E-state index is 12.8. The van der Waals surface area contributed by atoms with Crippen LogP contribution in [0.4, 0.5) is 0 Å². The molecule has 2 aromatic rings. The Labute approximate surface area is 136 Å². The van der Waals surface area contributed by atoms with Gasteiger partial charge in [0, 0.05) is 35.2 Å². The Morgan fingerprint density at radius 3 is 2.74 bits per heavy atom. The van der Waals surface area contributed by atoms with Gasteiger partial charge < -0.3 is 9.88 Å². The lowest BCUT2D eigenvalue weighted by Gasteiger charge is -2.52. The molecule has 4 fully saturated rings. The minimum absolute atomic E-state index is 0.0979. The number of carbonyl (C=O) groups excluding carboxylic acids is 1. The molecule has 1 N–H and O–H groups in total. The van der Waals surface area contributed by atoms with Gasteiger partial charge in [0.25, 0.3) is 5.91 Å². The zero-order valence-corrected chi connectivity index (χ0v) is 13.6. The van der Waals surface area contributed by atoms with Gasteiger partial charge in [-0.3, -0.25) is 9.69 Å². The highest BCUT2D eigenvalue weighted by Crippen LogP contribution is 2.53. The Balaban J connectivity index is 1.42. The predicted molar refractivity (Wildman–Crippen MR) is 90.4 cm³/mol. The molecule has 1 spiro atoms.